The second-order valence-corrected chi connectivity index (χ2v) is 1.57. The van der Waals surface area contributed by atoms with Crippen molar-refractivity contribution in [2.24, 2.45) is 5.11 Å². The van der Waals surface area contributed by atoms with Gasteiger partial charge in [0.05, 0.1) is 6.61 Å². The first-order valence-corrected chi connectivity index (χ1v) is 2.83. The van der Waals surface area contributed by atoms with Gasteiger partial charge >= 0.3 is 6.09 Å². The molecule has 0 aromatic rings. The Balaban J connectivity index is 3.07. The SMILES string of the molecule is CCCCOC(=O)N=[N-]. The van der Waals surface area contributed by atoms with Gasteiger partial charge in [0.15, 0.2) is 0 Å². The number of unbranched alkanes of at least 4 members (excludes halogenated alkanes) is 1. The second kappa shape index (κ2) is 5.21. The first-order chi connectivity index (χ1) is 4.31. The Morgan fingerprint density at radius 2 is 2.44 bits per heavy atom. The molecule has 0 spiro atoms. The molecule has 0 rings (SSSR count). The standard InChI is InChI=1S/C5H9N2O2/c1-2-3-4-9-5(8)7-6/h2-4H2,1H3/q-1. The molecule has 0 N–H and O–H groups in total. The van der Waals surface area contributed by atoms with E-state index >= 15 is 0 Å². The minimum Gasteiger partial charge on any atom is -0.701 e. The smallest absolute Gasteiger partial charge is 0.413 e. The molecule has 0 fully saturated rings. The van der Waals surface area contributed by atoms with Crippen molar-refractivity contribution >= 4 is 6.09 Å². The van der Waals surface area contributed by atoms with E-state index in [0.717, 1.165) is 12.8 Å². The summed E-state index contributed by atoms with van der Waals surface area (Å²) >= 11 is 0. The van der Waals surface area contributed by atoms with Crippen molar-refractivity contribution in [3.8, 4) is 0 Å². The normalized spacial score (nSPS) is 8.56. The van der Waals surface area contributed by atoms with Gasteiger partial charge in [0.2, 0.25) is 0 Å². The van der Waals surface area contributed by atoms with Crippen LogP contribution in [-0.4, -0.2) is 12.7 Å². The quantitative estimate of drug-likeness (QED) is 0.431. The van der Waals surface area contributed by atoms with Crippen molar-refractivity contribution in [2.75, 3.05) is 6.61 Å². The predicted octanol–water partition coefficient (Wildman–Crippen LogP) is 1.94. The van der Waals surface area contributed by atoms with Gasteiger partial charge in [-0.25, -0.2) is 4.79 Å². The molecule has 9 heavy (non-hydrogen) atoms. The van der Waals surface area contributed by atoms with E-state index in [9.17, 15) is 4.79 Å². The molecule has 0 atom stereocenters. The molecule has 0 aromatic heterocycles. The summed E-state index contributed by atoms with van der Waals surface area (Å²) in [6.07, 6.45) is 0.850. The average Bonchev–Trinajstić information content (AvgIpc) is 1.89. The molecular weight excluding hydrogens is 120 g/mol. The Morgan fingerprint density at radius 1 is 1.78 bits per heavy atom. The predicted molar refractivity (Wildman–Crippen MR) is 32.0 cm³/mol. The highest BCUT2D eigenvalue weighted by Crippen LogP contribution is 1.89. The van der Waals surface area contributed by atoms with E-state index in [-0.39, 0.29) is 0 Å². The van der Waals surface area contributed by atoms with Gasteiger partial charge in [0, 0.05) is 0 Å². The Labute approximate surface area is 53.7 Å². The Hall–Kier alpha value is -0.930. The molecule has 0 radical (unpaired) electrons. The number of hydrogen-bond acceptors (Lipinski definition) is 2. The van der Waals surface area contributed by atoms with E-state index in [1.807, 2.05) is 6.92 Å². The summed E-state index contributed by atoms with van der Waals surface area (Å²) < 4.78 is 4.38. The molecule has 0 unspecified atom stereocenters. The van der Waals surface area contributed by atoms with Crippen molar-refractivity contribution in [1.82, 2.24) is 0 Å². The topological polar surface area (TPSA) is 61.0 Å². The number of amides is 1. The monoisotopic (exact) mass is 129 g/mol. The van der Waals surface area contributed by atoms with Crippen LogP contribution in [0.1, 0.15) is 19.8 Å². The number of hydrogen-bond donors (Lipinski definition) is 0. The maximum Gasteiger partial charge on any atom is 0.413 e. The molecule has 0 saturated heterocycles. The molecule has 0 bridgehead atoms. The van der Waals surface area contributed by atoms with Gasteiger partial charge in [-0.2, -0.15) is 0 Å². The van der Waals surface area contributed by atoms with E-state index in [4.69, 9.17) is 5.53 Å². The molecule has 52 valence electrons. The largest absolute Gasteiger partial charge is 0.701 e. The minimum atomic E-state index is -0.913. The number of carbonyl (C=O) groups is 1. The van der Waals surface area contributed by atoms with Crippen LogP contribution in [0.4, 0.5) is 4.79 Å². The highest BCUT2D eigenvalue weighted by molar-refractivity contribution is 5.67. The third kappa shape index (κ3) is 4.93. The minimum absolute atomic E-state index is 0.333. The molecule has 0 aromatic carbocycles. The Kier molecular flexibility index (Phi) is 4.67. The van der Waals surface area contributed by atoms with E-state index < -0.39 is 6.09 Å². The van der Waals surface area contributed by atoms with Gasteiger partial charge in [-0.05, 0) is 6.42 Å². The molecule has 0 aliphatic rings. The van der Waals surface area contributed by atoms with Crippen LogP contribution in [0.25, 0.3) is 5.53 Å². The van der Waals surface area contributed by atoms with Gasteiger partial charge in [-0.3, -0.25) is 0 Å². The third-order valence-corrected chi connectivity index (χ3v) is 0.805. The lowest BCUT2D eigenvalue weighted by Gasteiger charge is -1.98. The molecular formula is C5H9N2O2-. The molecule has 0 aliphatic heterocycles. The highest BCUT2D eigenvalue weighted by Gasteiger charge is 1.90. The highest BCUT2D eigenvalue weighted by atomic mass is 16.5. The molecule has 0 aliphatic carbocycles. The van der Waals surface area contributed by atoms with Gasteiger partial charge < -0.3 is 15.4 Å². The summed E-state index contributed by atoms with van der Waals surface area (Å²) in [7, 11) is 0. The number of rotatable bonds is 3. The average molecular weight is 129 g/mol. The molecule has 4 nitrogen and oxygen atoms in total. The van der Waals surface area contributed by atoms with Crippen molar-refractivity contribution in [3.63, 3.8) is 0 Å². The van der Waals surface area contributed by atoms with Crippen LogP contribution in [-0.2, 0) is 4.74 Å². The van der Waals surface area contributed by atoms with Gasteiger partial charge in [0.1, 0.15) is 0 Å². The molecule has 4 heteroatoms. The van der Waals surface area contributed by atoms with E-state index in [1.54, 1.807) is 0 Å². The Bertz CT molecular complexity index is 103. The van der Waals surface area contributed by atoms with E-state index in [2.05, 4.69) is 9.85 Å². The summed E-state index contributed by atoms with van der Waals surface area (Å²) in [6.45, 7) is 2.31. The lowest BCUT2D eigenvalue weighted by Crippen LogP contribution is -1.98. The number of nitrogens with zero attached hydrogens (tertiary/aromatic N) is 2. The third-order valence-electron chi connectivity index (χ3n) is 0.805. The van der Waals surface area contributed by atoms with E-state index in [0.29, 0.717) is 6.61 Å². The van der Waals surface area contributed by atoms with Gasteiger partial charge in [0.25, 0.3) is 0 Å². The van der Waals surface area contributed by atoms with Crippen molar-refractivity contribution in [1.29, 1.82) is 0 Å². The summed E-state index contributed by atoms with van der Waals surface area (Å²) in [5.41, 5.74) is 7.78. The molecule has 1 amide bonds. The fourth-order valence-corrected chi connectivity index (χ4v) is 0.333. The fourth-order valence-electron chi connectivity index (χ4n) is 0.333. The zero-order chi connectivity index (χ0) is 7.11. The zero-order valence-electron chi connectivity index (χ0n) is 5.33. The molecule has 0 saturated carbocycles. The van der Waals surface area contributed by atoms with Crippen molar-refractivity contribution in [2.45, 2.75) is 19.8 Å². The summed E-state index contributed by atoms with van der Waals surface area (Å²) in [4.78, 5) is 10.0. The van der Waals surface area contributed by atoms with Gasteiger partial charge in [-0.1, -0.05) is 13.3 Å². The maximum absolute atomic E-state index is 10.0. The van der Waals surface area contributed by atoms with Crippen LogP contribution in [0.15, 0.2) is 5.11 Å². The molecule has 0 heterocycles. The van der Waals surface area contributed by atoms with Crippen LogP contribution in [0.2, 0.25) is 0 Å². The lowest BCUT2D eigenvalue weighted by atomic mass is 10.4. The van der Waals surface area contributed by atoms with E-state index in [1.165, 1.54) is 0 Å². The first kappa shape index (κ1) is 8.07. The summed E-state index contributed by atoms with van der Waals surface area (Å²) in [5.74, 6) is 0. The van der Waals surface area contributed by atoms with Gasteiger partial charge in [-0.15, -0.1) is 0 Å². The van der Waals surface area contributed by atoms with Crippen LogP contribution in [0.5, 0.6) is 0 Å². The van der Waals surface area contributed by atoms with Crippen LogP contribution >= 0.6 is 0 Å². The lowest BCUT2D eigenvalue weighted by molar-refractivity contribution is 0.155. The fraction of sp³-hybridized carbons (Fsp3) is 0.800. The van der Waals surface area contributed by atoms with Crippen LogP contribution in [0, 0.1) is 0 Å². The summed E-state index contributed by atoms with van der Waals surface area (Å²) in [5, 5.41) is 2.30. The van der Waals surface area contributed by atoms with Crippen molar-refractivity contribution < 1.29 is 9.53 Å². The summed E-state index contributed by atoms with van der Waals surface area (Å²) in [6, 6.07) is 0. The number of ether oxygens (including phenoxy) is 1. The first-order valence-electron chi connectivity index (χ1n) is 2.83. The Morgan fingerprint density at radius 3 is 2.89 bits per heavy atom. The van der Waals surface area contributed by atoms with Crippen LogP contribution < -0.4 is 0 Å². The number of carbonyl (C=O) groups excluding carboxylic acids is 1. The van der Waals surface area contributed by atoms with Crippen LogP contribution in [0.3, 0.4) is 0 Å². The maximum atomic E-state index is 10.0. The van der Waals surface area contributed by atoms with Crippen molar-refractivity contribution in [3.05, 3.63) is 5.53 Å². The zero-order valence-corrected chi connectivity index (χ0v) is 5.33. The second-order valence-electron chi connectivity index (χ2n) is 1.57.